The van der Waals surface area contributed by atoms with Gasteiger partial charge in [0.1, 0.15) is 0 Å². The van der Waals surface area contributed by atoms with Gasteiger partial charge in [0.25, 0.3) is 5.91 Å². The van der Waals surface area contributed by atoms with Crippen LogP contribution in [0.3, 0.4) is 0 Å². The van der Waals surface area contributed by atoms with Gasteiger partial charge in [-0.1, -0.05) is 13.8 Å². The molecule has 1 aliphatic heterocycles. The molecule has 0 saturated carbocycles. The van der Waals surface area contributed by atoms with Crippen LogP contribution in [0.5, 0.6) is 0 Å². The monoisotopic (exact) mass is 422 g/mol. The maximum atomic E-state index is 13.3. The van der Waals surface area contributed by atoms with E-state index in [-0.39, 0.29) is 11.7 Å². The second kappa shape index (κ2) is 7.98. The van der Waals surface area contributed by atoms with Crippen molar-refractivity contribution in [2.75, 3.05) is 26.3 Å². The van der Waals surface area contributed by atoms with E-state index in [9.17, 15) is 18.0 Å². The summed E-state index contributed by atoms with van der Waals surface area (Å²) in [6, 6.07) is 5.33. The van der Waals surface area contributed by atoms with Crippen molar-refractivity contribution in [3.05, 3.63) is 35.6 Å². The summed E-state index contributed by atoms with van der Waals surface area (Å²) in [5.74, 6) is 0.487. The fourth-order valence-electron chi connectivity index (χ4n) is 3.95. The molecule has 0 atom stereocenters. The summed E-state index contributed by atoms with van der Waals surface area (Å²) >= 11 is 0. The molecule has 30 heavy (non-hydrogen) atoms. The number of hydrogen-bond acceptors (Lipinski definition) is 3. The van der Waals surface area contributed by atoms with Crippen molar-refractivity contribution < 1.29 is 27.1 Å². The lowest BCUT2D eigenvalue weighted by Gasteiger charge is -2.25. The Balaban J connectivity index is 1.78. The van der Waals surface area contributed by atoms with E-state index in [1.807, 2.05) is 4.57 Å². The fourth-order valence-corrected chi connectivity index (χ4v) is 3.95. The number of benzene rings is 1. The molecule has 0 aliphatic carbocycles. The van der Waals surface area contributed by atoms with Crippen LogP contribution in [-0.2, 0) is 17.5 Å². The highest BCUT2D eigenvalue weighted by Gasteiger charge is 2.32. The first kappa shape index (κ1) is 20.8. The lowest BCUT2D eigenvalue weighted by atomic mass is 10.1. The Labute approximate surface area is 172 Å². The van der Waals surface area contributed by atoms with E-state index >= 15 is 0 Å². The predicted octanol–water partition coefficient (Wildman–Crippen LogP) is 5.31. The van der Waals surface area contributed by atoms with Crippen molar-refractivity contribution in [3.63, 3.8) is 0 Å². The Morgan fingerprint density at radius 1 is 1.13 bits per heavy atom. The topological polar surface area (TPSA) is 47.6 Å². The zero-order valence-corrected chi connectivity index (χ0v) is 17.1. The second-order valence-corrected chi connectivity index (χ2v) is 8.15. The van der Waals surface area contributed by atoms with Crippen molar-refractivity contribution >= 4 is 27.9 Å². The zero-order valence-electron chi connectivity index (χ0n) is 17.1. The fraction of sp³-hybridized carbons (Fsp3) is 0.500. The van der Waals surface area contributed by atoms with Crippen molar-refractivity contribution in [3.8, 4) is 0 Å². The molecule has 162 valence electrons. The molecule has 3 heterocycles. The Morgan fingerprint density at radius 2 is 1.87 bits per heavy atom. The minimum Gasteiger partial charge on any atom is -0.449 e. The highest BCUT2D eigenvalue weighted by Crippen LogP contribution is 2.37. The average Bonchev–Trinajstić information content (AvgIpc) is 3.25. The van der Waals surface area contributed by atoms with Crippen LogP contribution >= 0.6 is 0 Å². The molecule has 1 saturated heterocycles. The molecule has 0 bridgehead atoms. The van der Waals surface area contributed by atoms with Crippen molar-refractivity contribution in [1.82, 2.24) is 9.47 Å². The number of rotatable bonds is 5. The second-order valence-electron chi connectivity index (χ2n) is 8.15. The largest absolute Gasteiger partial charge is 0.449 e. The molecule has 0 spiro atoms. The number of hydrogen-bond donors (Lipinski definition) is 0. The molecule has 4 rings (SSSR count). The summed E-state index contributed by atoms with van der Waals surface area (Å²) in [6.07, 6.45) is -2.64. The van der Waals surface area contributed by atoms with Crippen LogP contribution in [0.4, 0.5) is 13.2 Å². The molecule has 1 fully saturated rings. The standard InChI is InChI=1S/C22H25F3N2O3/c1-14(2)4-3-7-27-17-12-15(22(23,24)25)5-6-16(17)20-18(27)13-19(30-20)21(28)26-8-10-29-11-9-26/h5-6,12-14H,3-4,7-11H2,1-2H3. The average molecular weight is 422 g/mol. The van der Waals surface area contributed by atoms with Crippen molar-refractivity contribution in [1.29, 1.82) is 0 Å². The zero-order chi connectivity index (χ0) is 21.5. The molecule has 5 nitrogen and oxygen atoms in total. The maximum absolute atomic E-state index is 13.3. The van der Waals surface area contributed by atoms with Gasteiger partial charge in [0.15, 0.2) is 11.3 Å². The summed E-state index contributed by atoms with van der Waals surface area (Å²) in [5, 5.41) is 0.587. The van der Waals surface area contributed by atoms with Gasteiger partial charge in [-0.15, -0.1) is 0 Å². The van der Waals surface area contributed by atoms with Crippen LogP contribution in [-0.4, -0.2) is 41.7 Å². The van der Waals surface area contributed by atoms with E-state index in [1.54, 1.807) is 11.0 Å². The third kappa shape index (κ3) is 3.93. The first-order valence-corrected chi connectivity index (χ1v) is 10.3. The lowest BCUT2D eigenvalue weighted by molar-refractivity contribution is -0.137. The summed E-state index contributed by atoms with van der Waals surface area (Å²) in [4.78, 5) is 14.5. The number of alkyl halides is 3. The number of morpholine rings is 1. The Kier molecular flexibility index (Phi) is 5.53. The van der Waals surface area contributed by atoms with Gasteiger partial charge in [-0.25, -0.2) is 0 Å². The number of fused-ring (bicyclic) bond motifs is 3. The maximum Gasteiger partial charge on any atom is 0.416 e. The summed E-state index contributed by atoms with van der Waals surface area (Å²) in [5.41, 5.74) is 0.905. The van der Waals surface area contributed by atoms with Crippen molar-refractivity contribution in [2.45, 2.75) is 39.4 Å². The van der Waals surface area contributed by atoms with Crippen LogP contribution in [0.15, 0.2) is 28.7 Å². The number of ether oxygens (including phenoxy) is 1. The van der Waals surface area contributed by atoms with E-state index in [0.29, 0.717) is 60.8 Å². The van der Waals surface area contributed by atoms with Gasteiger partial charge in [-0.3, -0.25) is 4.79 Å². The highest BCUT2D eigenvalue weighted by atomic mass is 19.4. The lowest BCUT2D eigenvalue weighted by Crippen LogP contribution is -2.40. The Bertz CT molecular complexity index is 1060. The molecule has 0 N–H and O–H groups in total. The number of halogens is 3. The number of carbonyl (C=O) groups is 1. The minimum atomic E-state index is -4.42. The van der Waals surface area contributed by atoms with E-state index in [4.69, 9.17) is 9.15 Å². The van der Waals surface area contributed by atoms with Gasteiger partial charge in [-0.2, -0.15) is 13.2 Å². The molecule has 1 aromatic carbocycles. The quantitative estimate of drug-likeness (QED) is 0.560. The highest BCUT2D eigenvalue weighted by molar-refractivity contribution is 6.07. The molecule has 2 aromatic heterocycles. The van der Waals surface area contributed by atoms with Crippen LogP contribution in [0, 0.1) is 5.92 Å². The number of amides is 1. The van der Waals surface area contributed by atoms with Gasteiger partial charge in [-0.05, 0) is 37.0 Å². The summed E-state index contributed by atoms with van der Waals surface area (Å²) in [7, 11) is 0. The van der Waals surface area contributed by atoms with Gasteiger partial charge >= 0.3 is 6.18 Å². The molecule has 0 radical (unpaired) electrons. The normalized spacial score (nSPS) is 15.6. The summed E-state index contributed by atoms with van der Waals surface area (Å²) < 4.78 is 52.8. The Morgan fingerprint density at radius 3 is 2.53 bits per heavy atom. The van der Waals surface area contributed by atoms with E-state index in [2.05, 4.69) is 13.8 Å². The molecular formula is C22H25F3N2O3. The van der Waals surface area contributed by atoms with Crippen molar-refractivity contribution in [2.24, 2.45) is 5.92 Å². The smallest absolute Gasteiger partial charge is 0.416 e. The van der Waals surface area contributed by atoms with Gasteiger partial charge in [0.2, 0.25) is 0 Å². The van der Waals surface area contributed by atoms with Crippen LogP contribution < -0.4 is 0 Å². The van der Waals surface area contributed by atoms with Crippen LogP contribution in [0.2, 0.25) is 0 Å². The predicted molar refractivity (Wildman–Crippen MR) is 108 cm³/mol. The third-order valence-electron chi connectivity index (χ3n) is 5.54. The van der Waals surface area contributed by atoms with E-state index in [0.717, 1.165) is 18.9 Å². The van der Waals surface area contributed by atoms with Gasteiger partial charge < -0.3 is 18.6 Å². The number of aryl methyl sites for hydroxylation is 1. The molecule has 0 unspecified atom stereocenters. The first-order valence-electron chi connectivity index (χ1n) is 10.3. The molecule has 8 heteroatoms. The van der Waals surface area contributed by atoms with Gasteiger partial charge in [0, 0.05) is 31.1 Å². The SMILES string of the molecule is CC(C)CCCn1c2cc(C(F)(F)F)ccc2c2oc(C(=O)N3CCOCC3)cc21. The number of nitrogens with zero attached hydrogens (tertiary/aromatic N) is 2. The molecule has 3 aromatic rings. The molecular weight excluding hydrogens is 397 g/mol. The number of furan rings is 1. The number of carbonyl (C=O) groups excluding carboxylic acids is 1. The molecule has 1 amide bonds. The van der Waals surface area contributed by atoms with Crippen LogP contribution in [0.1, 0.15) is 42.8 Å². The van der Waals surface area contributed by atoms with Gasteiger partial charge in [0.05, 0.1) is 29.8 Å². The van der Waals surface area contributed by atoms with E-state index < -0.39 is 11.7 Å². The summed E-state index contributed by atoms with van der Waals surface area (Å²) in [6.45, 7) is 6.74. The van der Waals surface area contributed by atoms with Crippen LogP contribution in [0.25, 0.3) is 22.0 Å². The third-order valence-corrected chi connectivity index (χ3v) is 5.54. The van der Waals surface area contributed by atoms with E-state index in [1.165, 1.54) is 12.1 Å². The number of aromatic nitrogens is 1. The Hall–Kier alpha value is -2.48. The first-order chi connectivity index (χ1) is 14.3. The minimum absolute atomic E-state index is 0.210. The molecule has 1 aliphatic rings.